The van der Waals surface area contributed by atoms with Gasteiger partial charge >= 0.3 is 6.03 Å². The van der Waals surface area contributed by atoms with Gasteiger partial charge in [0, 0.05) is 19.6 Å². The lowest BCUT2D eigenvalue weighted by molar-refractivity contribution is 0.185. The van der Waals surface area contributed by atoms with E-state index in [4.69, 9.17) is 0 Å². The first-order valence-electron chi connectivity index (χ1n) is 8.21. The van der Waals surface area contributed by atoms with Gasteiger partial charge in [-0.05, 0) is 32.6 Å². The van der Waals surface area contributed by atoms with Crippen LogP contribution >= 0.6 is 0 Å². The van der Waals surface area contributed by atoms with Crippen molar-refractivity contribution in [1.82, 2.24) is 25.0 Å². The lowest BCUT2D eigenvalue weighted by Gasteiger charge is -2.29. The van der Waals surface area contributed by atoms with E-state index >= 15 is 0 Å². The van der Waals surface area contributed by atoms with E-state index in [-0.39, 0.29) is 12.1 Å². The van der Waals surface area contributed by atoms with E-state index < -0.39 is 0 Å². The van der Waals surface area contributed by atoms with Crippen molar-refractivity contribution in [1.29, 1.82) is 0 Å². The van der Waals surface area contributed by atoms with Crippen LogP contribution in [0.15, 0.2) is 0 Å². The highest BCUT2D eigenvalue weighted by atomic mass is 16.2. The first-order valence-corrected chi connectivity index (χ1v) is 8.21. The summed E-state index contributed by atoms with van der Waals surface area (Å²) in [5.41, 5.74) is 0. The fraction of sp³-hybridized carbons (Fsp3) is 0.800. The van der Waals surface area contributed by atoms with Crippen LogP contribution in [0.1, 0.15) is 62.6 Å². The summed E-state index contributed by atoms with van der Waals surface area (Å²) >= 11 is 0. The molecule has 0 unspecified atom stereocenters. The molecular weight excluding hydrogens is 266 g/mol. The number of rotatable bonds is 1. The van der Waals surface area contributed by atoms with Gasteiger partial charge in [0.25, 0.3) is 0 Å². The van der Waals surface area contributed by atoms with Crippen molar-refractivity contribution in [3.05, 3.63) is 11.6 Å². The van der Waals surface area contributed by atoms with Crippen LogP contribution in [-0.2, 0) is 6.54 Å². The zero-order valence-corrected chi connectivity index (χ0v) is 12.8. The molecule has 0 spiro atoms. The van der Waals surface area contributed by atoms with Gasteiger partial charge in [0.15, 0.2) is 5.82 Å². The number of likely N-dealkylation sites (tertiary alicyclic amines) is 1. The van der Waals surface area contributed by atoms with Gasteiger partial charge in [-0.15, -0.1) is 10.2 Å². The molecule has 1 saturated heterocycles. The van der Waals surface area contributed by atoms with Crippen molar-refractivity contribution in [2.75, 3.05) is 13.1 Å². The molecule has 0 saturated carbocycles. The molecule has 3 rings (SSSR count). The standard InChI is InChI=1S/C15H25N5O/c1-12-17-18-14-13(8-7-11-20(12)14)16-15(21)19-9-5-3-2-4-6-10-19/h13H,2-11H2,1H3,(H,16,21)/t13-/m1/s1. The molecule has 0 aliphatic carbocycles. The van der Waals surface area contributed by atoms with Gasteiger partial charge in [-0.1, -0.05) is 19.3 Å². The van der Waals surface area contributed by atoms with Gasteiger partial charge in [0.1, 0.15) is 5.82 Å². The maximum Gasteiger partial charge on any atom is 0.317 e. The molecule has 2 aliphatic rings. The molecule has 0 radical (unpaired) electrons. The Hall–Kier alpha value is -1.59. The van der Waals surface area contributed by atoms with Crippen LogP contribution in [0.2, 0.25) is 0 Å². The smallest absolute Gasteiger partial charge is 0.317 e. The summed E-state index contributed by atoms with van der Waals surface area (Å²) in [6.07, 6.45) is 8.04. The Bertz CT molecular complexity index is 490. The van der Waals surface area contributed by atoms with Crippen LogP contribution < -0.4 is 5.32 Å². The number of carbonyl (C=O) groups excluding carboxylic acids is 1. The van der Waals surface area contributed by atoms with Gasteiger partial charge < -0.3 is 14.8 Å². The number of hydrogen-bond acceptors (Lipinski definition) is 3. The maximum atomic E-state index is 12.5. The van der Waals surface area contributed by atoms with Crippen LogP contribution in [-0.4, -0.2) is 38.8 Å². The monoisotopic (exact) mass is 291 g/mol. The van der Waals surface area contributed by atoms with E-state index in [9.17, 15) is 4.79 Å². The molecule has 1 atom stereocenters. The zero-order valence-electron chi connectivity index (χ0n) is 12.8. The summed E-state index contributed by atoms with van der Waals surface area (Å²) in [5, 5.41) is 11.6. The summed E-state index contributed by atoms with van der Waals surface area (Å²) in [7, 11) is 0. The Kier molecular flexibility index (Phi) is 4.41. The average molecular weight is 291 g/mol. The number of nitrogens with one attached hydrogen (secondary N) is 1. The van der Waals surface area contributed by atoms with Crippen molar-refractivity contribution in [3.63, 3.8) is 0 Å². The van der Waals surface area contributed by atoms with Crippen molar-refractivity contribution in [2.24, 2.45) is 0 Å². The first kappa shape index (κ1) is 14.4. The maximum absolute atomic E-state index is 12.5. The Morgan fingerprint density at radius 1 is 1.05 bits per heavy atom. The number of aryl methyl sites for hydroxylation is 1. The van der Waals surface area contributed by atoms with E-state index in [0.717, 1.165) is 57.0 Å². The van der Waals surface area contributed by atoms with Gasteiger partial charge in [-0.3, -0.25) is 0 Å². The van der Waals surface area contributed by atoms with Gasteiger partial charge in [-0.25, -0.2) is 4.79 Å². The number of amides is 2. The second-order valence-corrected chi connectivity index (χ2v) is 6.16. The number of hydrogen-bond donors (Lipinski definition) is 1. The molecule has 2 aliphatic heterocycles. The molecule has 0 bridgehead atoms. The molecule has 6 nitrogen and oxygen atoms in total. The highest BCUT2D eigenvalue weighted by molar-refractivity contribution is 5.74. The molecule has 1 aromatic heterocycles. The third-order valence-electron chi connectivity index (χ3n) is 4.59. The Morgan fingerprint density at radius 3 is 2.52 bits per heavy atom. The summed E-state index contributed by atoms with van der Waals surface area (Å²) in [5.74, 6) is 1.86. The molecule has 21 heavy (non-hydrogen) atoms. The fourth-order valence-corrected chi connectivity index (χ4v) is 3.34. The topological polar surface area (TPSA) is 63.1 Å². The van der Waals surface area contributed by atoms with Crippen LogP contribution in [0.4, 0.5) is 4.79 Å². The summed E-state index contributed by atoms with van der Waals surface area (Å²) < 4.78 is 2.13. The third kappa shape index (κ3) is 3.19. The molecule has 2 amide bonds. The van der Waals surface area contributed by atoms with Gasteiger partial charge in [0.2, 0.25) is 0 Å². The van der Waals surface area contributed by atoms with Crippen molar-refractivity contribution in [2.45, 2.75) is 64.5 Å². The van der Waals surface area contributed by atoms with Crippen LogP contribution in [0.5, 0.6) is 0 Å². The number of aromatic nitrogens is 3. The number of nitrogens with zero attached hydrogens (tertiary/aromatic N) is 4. The lowest BCUT2D eigenvalue weighted by Crippen LogP contribution is -2.44. The minimum atomic E-state index is 0.0119. The van der Waals surface area contributed by atoms with E-state index in [0.29, 0.717) is 0 Å². The fourth-order valence-electron chi connectivity index (χ4n) is 3.34. The summed E-state index contributed by atoms with van der Waals surface area (Å²) in [4.78, 5) is 14.5. The highest BCUT2D eigenvalue weighted by Gasteiger charge is 2.27. The second-order valence-electron chi connectivity index (χ2n) is 6.16. The summed E-state index contributed by atoms with van der Waals surface area (Å²) in [6, 6.07) is 0.0777. The van der Waals surface area contributed by atoms with E-state index in [2.05, 4.69) is 20.1 Å². The molecule has 0 aromatic carbocycles. The Balaban J connectivity index is 1.64. The second kappa shape index (κ2) is 6.45. The highest BCUT2D eigenvalue weighted by Crippen LogP contribution is 2.24. The van der Waals surface area contributed by atoms with E-state index in [1.807, 2.05) is 11.8 Å². The predicted molar refractivity (Wildman–Crippen MR) is 79.9 cm³/mol. The SMILES string of the molecule is Cc1nnc2n1CCC[C@H]2NC(=O)N1CCCCCCC1. The quantitative estimate of drug-likeness (QED) is 0.864. The predicted octanol–water partition coefficient (Wildman–Crippen LogP) is 2.40. The van der Waals surface area contributed by atoms with Crippen LogP contribution in [0.3, 0.4) is 0 Å². The zero-order chi connectivity index (χ0) is 14.7. The average Bonchev–Trinajstić information content (AvgIpc) is 2.81. The molecule has 116 valence electrons. The molecule has 1 N–H and O–H groups in total. The normalized spacial score (nSPS) is 23.1. The van der Waals surface area contributed by atoms with E-state index in [1.165, 1.54) is 19.3 Å². The minimum Gasteiger partial charge on any atom is -0.328 e. The molecular formula is C15H25N5O. The Morgan fingerprint density at radius 2 is 1.76 bits per heavy atom. The summed E-state index contributed by atoms with van der Waals surface area (Å²) in [6.45, 7) is 4.69. The van der Waals surface area contributed by atoms with Crippen molar-refractivity contribution >= 4 is 6.03 Å². The number of carbonyl (C=O) groups is 1. The van der Waals surface area contributed by atoms with Gasteiger partial charge in [-0.2, -0.15) is 0 Å². The van der Waals surface area contributed by atoms with Crippen molar-refractivity contribution < 1.29 is 4.79 Å². The largest absolute Gasteiger partial charge is 0.328 e. The number of urea groups is 1. The molecule has 6 heteroatoms. The molecule has 3 heterocycles. The molecule has 1 aromatic rings. The van der Waals surface area contributed by atoms with Crippen LogP contribution in [0.25, 0.3) is 0 Å². The van der Waals surface area contributed by atoms with Crippen molar-refractivity contribution in [3.8, 4) is 0 Å². The lowest BCUT2D eigenvalue weighted by atomic mass is 10.1. The van der Waals surface area contributed by atoms with Gasteiger partial charge in [0.05, 0.1) is 6.04 Å². The number of fused-ring (bicyclic) bond motifs is 1. The van der Waals surface area contributed by atoms with E-state index in [1.54, 1.807) is 0 Å². The Labute approximate surface area is 125 Å². The molecule has 1 fully saturated rings. The van der Waals surface area contributed by atoms with Crippen LogP contribution in [0, 0.1) is 6.92 Å². The third-order valence-corrected chi connectivity index (χ3v) is 4.59. The minimum absolute atomic E-state index is 0.0119. The first-order chi connectivity index (χ1) is 10.3.